The van der Waals surface area contributed by atoms with Gasteiger partial charge in [0.25, 0.3) is 5.91 Å². The lowest BCUT2D eigenvalue weighted by molar-refractivity contribution is -0.387. The van der Waals surface area contributed by atoms with E-state index >= 15 is 0 Å². The largest absolute Gasteiger partial charge is 0.386 e. The van der Waals surface area contributed by atoms with Gasteiger partial charge in [-0.3, -0.25) is 14.9 Å². The van der Waals surface area contributed by atoms with Crippen LogP contribution in [0.2, 0.25) is 0 Å². The number of carbonyl (C=O) groups excluding carboxylic acids is 1. The summed E-state index contributed by atoms with van der Waals surface area (Å²) < 4.78 is 27.6. The van der Waals surface area contributed by atoms with Crippen molar-refractivity contribution in [2.24, 2.45) is 5.92 Å². The zero-order valence-corrected chi connectivity index (χ0v) is 10.9. The minimum Gasteiger partial charge on any atom is -0.386 e. The van der Waals surface area contributed by atoms with Gasteiger partial charge in [-0.15, -0.1) is 0 Å². The topological polar surface area (TPSA) is 83.7 Å². The highest BCUT2D eigenvalue weighted by Gasteiger charge is 2.53. The number of likely N-dealkylation sites (tertiary alicyclic amines) is 1. The van der Waals surface area contributed by atoms with E-state index in [2.05, 4.69) is 0 Å². The van der Waals surface area contributed by atoms with Crippen molar-refractivity contribution in [3.05, 3.63) is 39.4 Å². The van der Waals surface area contributed by atoms with Gasteiger partial charge in [-0.25, -0.2) is 4.39 Å². The van der Waals surface area contributed by atoms with Crippen molar-refractivity contribution in [1.29, 1.82) is 0 Å². The summed E-state index contributed by atoms with van der Waals surface area (Å²) in [6.07, 6.45) is 1.75. The van der Waals surface area contributed by atoms with Crippen molar-refractivity contribution < 1.29 is 23.6 Å². The highest BCUT2D eigenvalue weighted by Crippen LogP contribution is 2.45. The van der Waals surface area contributed by atoms with Crippen LogP contribution < -0.4 is 0 Å². The first kappa shape index (κ1) is 13.9. The number of β-amino-alcohol motifs (C(OH)–C–C–N with tert-alkyl or cyclic N) is 1. The van der Waals surface area contributed by atoms with E-state index in [1.807, 2.05) is 0 Å². The Kier molecular flexibility index (Phi) is 2.94. The fraction of sp³-hybridized carbons (Fsp3) is 0.462. The van der Waals surface area contributed by atoms with E-state index in [0.717, 1.165) is 17.7 Å². The van der Waals surface area contributed by atoms with Crippen LogP contribution in [0.15, 0.2) is 12.1 Å². The molecule has 0 unspecified atom stereocenters. The van der Waals surface area contributed by atoms with Crippen molar-refractivity contribution in [2.45, 2.75) is 18.4 Å². The molecule has 1 aromatic carbocycles. The van der Waals surface area contributed by atoms with Gasteiger partial charge in [-0.2, -0.15) is 4.39 Å². The molecule has 2 aliphatic rings. The number of amides is 1. The molecule has 1 saturated heterocycles. The second-order valence-corrected chi connectivity index (χ2v) is 5.55. The fourth-order valence-electron chi connectivity index (χ4n) is 2.67. The Morgan fingerprint density at radius 2 is 2.00 bits per heavy atom. The first-order valence-corrected chi connectivity index (χ1v) is 6.47. The Balaban J connectivity index is 1.85. The fourth-order valence-corrected chi connectivity index (χ4v) is 2.67. The molecule has 1 aromatic rings. The number of hydrogen-bond donors (Lipinski definition) is 1. The van der Waals surface area contributed by atoms with Gasteiger partial charge in [0.1, 0.15) is 17.0 Å². The minimum absolute atomic E-state index is 0.00191. The molecule has 6 nitrogen and oxygen atoms in total. The Morgan fingerprint density at radius 3 is 2.52 bits per heavy atom. The van der Waals surface area contributed by atoms with Crippen molar-refractivity contribution in [1.82, 2.24) is 4.90 Å². The Hall–Kier alpha value is -2.09. The van der Waals surface area contributed by atoms with Crippen LogP contribution in [0.1, 0.15) is 23.2 Å². The van der Waals surface area contributed by atoms with Crippen LogP contribution in [-0.2, 0) is 0 Å². The molecular weight excluding hydrogens is 286 g/mol. The summed E-state index contributed by atoms with van der Waals surface area (Å²) in [5, 5.41) is 20.7. The lowest BCUT2D eigenvalue weighted by Gasteiger charge is -2.47. The predicted octanol–water partition coefficient (Wildman–Crippen LogP) is 1.47. The van der Waals surface area contributed by atoms with Gasteiger partial charge in [0, 0.05) is 6.07 Å². The molecule has 0 atom stereocenters. The molecule has 3 rings (SSSR count). The number of nitrogens with zero attached hydrogens (tertiary/aromatic N) is 2. The zero-order chi connectivity index (χ0) is 15.4. The minimum atomic E-state index is -1.48. The summed E-state index contributed by atoms with van der Waals surface area (Å²) in [4.78, 5) is 22.8. The van der Waals surface area contributed by atoms with Crippen molar-refractivity contribution in [3.8, 4) is 0 Å². The Bertz CT molecular complexity index is 639. The van der Waals surface area contributed by atoms with Crippen molar-refractivity contribution in [3.63, 3.8) is 0 Å². The molecule has 1 heterocycles. The number of aliphatic hydroxyl groups is 1. The molecule has 0 radical (unpaired) electrons. The molecular formula is C13H12F2N2O4. The normalized spacial score (nSPS) is 20.0. The molecule has 8 heteroatoms. The molecule has 0 spiro atoms. The van der Waals surface area contributed by atoms with Crippen molar-refractivity contribution in [2.75, 3.05) is 13.1 Å². The first-order chi connectivity index (χ1) is 9.83. The lowest BCUT2D eigenvalue weighted by Crippen LogP contribution is -2.64. The van der Waals surface area contributed by atoms with E-state index in [0.29, 0.717) is 12.1 Å². The average Bonchev–Trinajstić information content (AvgIpc) is 3.18. The summed E-state index contributed by atoms with van der Waals surface area (Å²) >= 11 is 0. The van der Waals surface area contributed by atoms with Crippen LogP contribution in [0.25, 0.3) is 0 Å². The molecule has 0 bridgehead atoms. The van der Waals surface area contributed by atoms with E-state index in [1.165, 1.54) is 0 Å². The maximum Gasteiger partial charge on any atom is 0.305 e. The monoisotopic (exact) mass is 298 g/mol. The Morgan fingerprint density at radius 1 is 1.38 bits per heavy atom. The van der Waals surface area contributed by atoms with Crippen LogP contribution >= 0.6 is 0 Å². The number of nitro benzene ring substituents is 1. The second kappa shape index (κ2) is 4.45. The number of carbonyl (C=O) groups is 1. The standard InChI is InChI=1S/C13H12F2N2O4/c14-8-3-4-9(17(20)21)11(15)10(8)12(18)16-5-13(19,6-16)7-1-2-7/h3-4,7,19H,1-2,5-6H2. The summed E-state index contributed by atoms with van der Waals surface area (Å²) in [6.45, 7) is -0.00383. The summed E-state index contributed by atoms with van der Waals surface area (Å²) in [6, 6.07) is 1.37. The Labute approximate surface area is 118 Å². The number of hydrogen-bond acceptors (Lipinski definition) is 4. The first-order valence-electron chi connectivity index (χ1n) is 6.47. The van der Waals surface area contributed by atoms with Crippen molar-refractivity contribution >= 4 is 11.6 Å². The molecule has 1 saturated carbocycles. The quantitative estimate of drug-likeness (QED) is 0.676. The molecule has 1 amide bonds. The van der Waals surface area contributed by atoms with Crippen LogP contribution in [0.5, 0.6) is 0 Å². The molecule has 112 valence electrons. The van der Waals surface area contributed by atoms with E-state index in [-0.39, 0.29) is 19.0 Å². The molecule has 1 aliphatic heterocycles. The lowest BCUT2D eigenvalue weighted by atomic mass is 9.88. The number of halogens is 2. The predicted molar refractivity (Wildman–Crippen MR) is 66.6 cm³/mol. The number of rotatable bonds is 3. The maximum atomic E-state index is 13.9. The van der Waals surface area contributed by atoms with E-state index in [1.54, 1.807) is 0 Å². The van der Waals surface area contributed by atoms with Gasteiger partial charge >= 0.3 is 5.69 Å². The second-order valence-electron chi connectivity index (χ2n) is 5.55. The van der Waals surface area contributed by atoms with E-state index in [4.69, 9.17) is 0 Å². The summed E-state index contributed by atoms with van der Waals surface area (Å²) in [7, 11) is 0. The average molecular weight is 298 g/mol. The van der Waals surface area contributed by atoms with Gasteiger partial charge in [-0.1, -0.05) is 0 Å². The van der Waals surface area contributed by atoms with Crippen LogP contribution in [0, 0.1) is 27.7 Å². The van der Waals surface area contributed by atoms with Crippen LogP contribution in [0.3, 0.4) is 0 Å². The SMILES string of the molecule is O=C(c1c(F)ccc([N+](=O)[O-])c1F)N1CC(O)(C2CC2)C1. The van der Waals surface area contributed by atoms with Gasteiger partial charge in [-0.05, 0) is 24.8 Å². The van der Waals surface area contributed by atoms with Crippen LogP contribution in [0.4, 0.5) is 14.5 Å². The zero-order valence-electron chi connectivity index (χ0n) is 10.9. The van der Waals surface area contributed by atoms with Gasteiger partial charge in [0.15, 0.2) is 0 Å². The van der Waals surface area contributed by atoms with Gasteiger partial charge in [0.05, 0.1) is 18.0 Å². The maximum absolute atomic E-state index is 13.9. The third-order valence-electron chi connectivity index (χ3n) is 4.04. The van der Waals surface area contributed by atoms with E-state index < -0.39 is 39.3 Å². The molecule has 1 N–H and O–H groups in total. The van der Waals surface area contributed by atoms with Crippen LogP contribution in [-0.4, -0.2) is 39.5 Å². The highest BCUT2D eigenvalue weighted by molar-refractivity contribution is 5.96. The third kappa shape index (κ3) is 2.15. The smallest absolute Gasteiger partial charge is 0.305 e. The van der Waals surface area contributed by atoms with Gasteiger partial charge in [0.2, 0.25) is 5.82 Å². The third-order valence-corrected chi connectivity index (χ3v) is 4.04. The summed E-state index contributed by atoms with van der Waals surface area (Å²) in [5.74, 6) is -3.47. The molecule has 1 aliphatic carbocycles. The molecule has 2 fully saturated rings. The number of benzene rings is 1. The highest BCUT2D eigenvalue weighted by atomic mass is 19.1. The molecule has 0 aromatic heterocycles. The molecule has 21 heavy (non-hydrogen) atoms. The summed E-state index contributed by atoms with van der Waals surface area (Å²) in [5.41, 5.74) is -2.87. The van der Waals surface area contributed by atoms with Gasteiger partial charge < -0.3 is 10.0 Å². The van der Waals surface area contributed by atoms with E-state index in [9.17, 15) is 28.8 Å². The number of nitro groups is 1.